The van der Waals surface area contributed by atoms with Gasteiger partial charge < -0.3 is 20.4 Å². The lowest BCUT2D eigenvalue weighted by molar-refractivity contribution is 0.205. The average molecular weight is 304 g/mol. The summed E-state index contributed by atoms with van der Waals surface area (Å²) in [5.41, 5.74) is 1.21. The zero-order valence-corrected chi connectivity index (χ0v) is 13.9. The Morgan fingerprint density at radius 1 is 1.36 bits per heavy atom. The highest BCUT2D eigenvalue weighted by atomic mass is 16.2. The van der Waals surface area contributed by atoms with Gasteiger partial charge in [0.2, 0.25) is 0 Å². The average Bonchev–Trinajstić information content (AvgIpc) is 2.48. The van der Waals surface area contributed by atoms with E-state index in [1.54, 1.807) is 0 Å². The molecular formula is C17H28N4O. The standard InChI is InChI=1S/C17H28N4O/c1-20(2)16(14-8-5-4-6-9-14)12-18-17(22)19-15-10-7-11-21(3)13-15/h4-6,8-9,15-16H,7,10-13H2,1-3H3,(H2,18,19,22). The molecule has 1 aliphatic rings. The highest BCUT2D eigenvalue weighted by Crippen LogP contribution is 2.16. The molecule has 1 aromatic rings. The van der Waals surface area contributed by atoms with Crippen molar-refractivity contribution in [3.8, 4) is 0 Å². The highest BCUT2D eigenvalue weighted by molar-refractivity contribution is 5.74. The van der Waals surface area contributed by atoms with Gasteiger partial charge in [-0.25, -0.2) is 4.79 Å². The molecule has 0 aliphatic carbocycles. The Morgan fingerprint density at radius 2 is 2.09 bits per heavy atom. The zero-order valence-electron chi connectivity index (χ0n) is 13.9. The van der Waals surface area contributed by atoms with Gasteiger partial charge in [0.05, 0.1) is 6.04 Å². The number of amides is 2. The second-order valence-electron chi connectivity index (χ2n) is 6.35. The fourth-order valence-electron chi connectivity index (χ4n) is 2.98. The molecule has 5 heteroatoms. The SMILES string of the molecule is CN1CCCC(NC(=O)NCC(c2ccccc2)N(C)C)C1. The Labute approximate surface area is 133 Å². The van der Waals surface area contributed by atoms with Gasteiger partial charge >= 0.3 is 6.03 Å². The molecule has 0 radical (unpaired) electrons. The third kappa shape index (κ3) is 5.00. The molecule has 122 valence electrons. The van der Waals surface area contributed by atoms with E-state index in [0.717, 1.165) is 25.9 Å². The van der Waals surface area contributed by atoms with E-state index in [4.69, 9.17) is 0 Å². The monoisotopic (exact) mass is 304 g/mol. The van der Waals surface area contributed by atoms with Crippen molar-refractivity contribution in [2.75, 3.05) is 40.8 Å². The van der Waals surface area contributed by atoms with E-state index in [0.29, 0.717) is 6.54 Å². The van der Waals surface area contributed by atoms with Gasteiger partial charge in [0.1, 0.15) is 0 Å². The van der Waals surface area contributed by atoms with Gasteiger partial charge in [0, 0.05) is 19.1 Å². The number of rotatable bonds is 5. The van der Waals surface area contributed by atoms with Gasteiger partial charge in [-0.15, -0.1) is 0 Å². The van der Waals surface area contributed by atoms with Crippen LogP contribution in [0, 0.1) is 0 Å². The topological polar surface area (TPSA) is 47.6 Å². The Kier molecular flexibility index (Phi) is 6.21. The zero-order chi connectivity index (χ0) is 15.9. The molecule has 1 saturated heterocycles. The quantitative estimate of drug-likeness (QED) is 0.870. The second-order valence-corrected chi connectivity index (χ2v) is 6.35. The molecule has 22 heavy (non-hydrogen) atoms. The summed E-state index contributed by atoms with van der Waals surface area (Å²) in [6.07, 6.45) is 2.21. The summed E-state index contributed by atoms with van der Waals surface area (Å²) in [4.78, 5) is 16.5. The van der Waals surface area contributed by atoms with E-state index >= 15 is 0 Å². The van der Waals surface area contributed by atoms with Crippen molar-refractivity contribution < 1.29 is 4.79 Å². The molecule has 0 aromatic heterocycles. The number of nitrogens with one attached hydrogen (secondary N) is 2. The maximum Gasteiger partial charge on any atom is 0.315 e. The number of carbonyl (C=O) groups excluding carboxylic acids is 1. The van der Waals surface area contributed by atoms with E-state index < -0.39 is 0 Å². The van der Waals surface area contributed by atoms with Crippen molar-refractivity contribution in [3.05, 3.63) is 35.9 Å². The molecule has 1 aliphatic heterocycles. The second kappa shape index (κ2) is 8.15. The summed E-state index contributed by atoms with van der Waals surface area (Å²) in [6, 6.07) is 10.6. The van der Waals surface area contributed by atoms with Gasteiger partial charge in [-0.2, -0.15) is 0 Å². The number of nitrogens with zero attached hydrogens (tertiary/aromatic N) is 2. The van der Waals surface area contributed by atoms with E-state index in [9.17, 15) is 4.79 Å². The summed E-state index contributed by atoms with van der Waals surface area (Å²) in [6.45, 7) is 2.66. The van der Waals surface area contributed by atoms with Crippen molar-refractivity contribution >= 4 is 6.03 Å². The van der Waals surface area contributed by atoms with Crippen LogP contribution in [-0.4, -0.2) is 62.7 Å². The molecule has 1 fully saturated rings. The van der Waals surface area contributed by atoms with Crippen LogP contribution in [0.4, 0.5) is 4.79 Å². The minimum Gasteiger partial charge on any atom is -0.336 e. The van der Waals surface area contributed by atoms with Crippen LogP contribution in [0.25, 0.3) is 0 Å². The normalized spacial score (nSPS) is 20.6. The maximum atomic E-state index is 12.1. The van der Waals surface area contributed by atoms with Crippen LogP contribution in [0.15, 0.2) is 30.3 Å². The first-order valence-electron chi connectivity index (χ1n) is 8.00. The number of likely N-dealkylation sites (tertiary alicyclic amines) is 1. The van der Waals surface area contributed by atoms with Crippen LogP contribution >= 0.6 is 0 Å². The number of urea groups is 1. The minimum absolute atomic E-state index is 0.0666. The van der Waals surface area contributed by atoms with Gasteiger partial charge in [0.15, 0.2) is 0 Å². The van der Waals surface area contributed by atoms with Crippen LogP contribution < -0.4 is 10.6 Å². The van der Waals surface area contributed by atoms with Crippen LogP contribution in [0.1, 0.15) is 24.4 Å². The third-order valence-corrected chi connectivity index (χ3v) is 4.22. The largest absolute Gasteiger partial charge is 0.336 e. The lowest BCUT2D eigenvalue weighted by Crippen LogP contribution is -2.50. The summed E-state index contributed by atoms with van der Waals surface area (Å²) in [7, 11) is 6.17. The number of likely N-dealkylation sites (N-methyl/N-ethyl adjacent to an activating group) is 2. The molecule has 1 heterocycles. The molecule has 2 atom stereocenters. The molecule has 2 amide bonds. The van der Waals surface area contributed by atoms with Crippen molar-refractivity contribution in [1.82, 2.24) is 20.4 Å². The van der Waals surface area contributed by atoms with Gasteiger partial charge in [-0.1, -0.05) is 30.3 Å². The molecular weight excluding hydrogens is 276 g/mol. The number of carbonyl (C=O) groups is 1. The number of piperidine rings is 1. The predicted octanol–water partition coefficient (Wildman–Crippen LogP) is 1.68. The smallest absolute Gasteiger partial charge is 0.315 e. The maximum absolute atomic E-state index is 12.1. The van der Waals surface area contributed by atoms with Gasteiger partial charge in [-0.05, 0) is 46.1 Å². The minimum atomic E-state index is -0.0666. The van der Waals surface area contributed by atoms with Crippen molar-refractivity contribution in [2.24, 2.45) is 0 Å². The van der Waals surface area contributed by atoms with Crippen molar-refractivity contribution in [3.63, 3.8) is 0 Å². The fourth-order valence-corrected chi connectivity index (χ4v) is 2.98. The molecule has 2 unspecified atom stereocenters. The molecule has 2 rings (SSSR count). The molecule has 0 saturated carbocycles. The molecule has 2 N–H and O–H groups in total. The van der Waals surface area contributed by atoms with Crippen LogP contribution in [0.2, 0.25) is 0 Å². The van der Waals surface area contributed by atoms with Gasteiger partial charge in [0.25, 0.3) is 0 Å². The molecule has 0 spiro atoms. The van der Waals surface area contributed by atoms with Crippen LogP contribution in [0.3, 0.4) is 0 Å². The first kappa shape index (κ1) is 16.8. The van der Waals surface area contributed by atoms with E-state index in [1.165, 1.54) is 5.56 Å². The predicted molar refractivity (Wildman–Crippen MR) is 89.9 cm³/mol. The van der Waals surface area contributed by atoms with Crippen molar-refractivity contribution in [1.29, 1.82) is 0 Å². The summed E-state index contributed by atoms with van der Waals surface area (Å²) >= 11 is 0. The Bertz CT molecular complexity index is 463. The summed E-state index contributed by atoms with van der Waals surface area (Å²) < 4.78 is 0. The van der Waals surface area contributed by atoms with Crippen LogP contribution in [-0.2, 0) is 0 Å². The van der Waals surface area contributed by atoms with Crippen LogP contribution in [0.5, 0.6) is 0 Å². The highest BCUT2D eigenvalue weighted by Gasteiger charge is 2.20. The Balaban J connectivity index is 1.83. The van der Waals surface area contributed by atoms with E-state index in [-0.39, 0.29) is 18.1 Å². The summed E-state index contributed by atoms with van der Waals surface area (Å²) in [5, 5.41) is 6.10. The van der Waals surface area contributed by atoms with Gasteiger partial charge in [-0.3, -0.25) is 0 Å². The first-order chi connectivity index (χ1) is 10.6. The lowest BCUT2D eigenvalue weighted by Gasteiger charge is -2.31. The summed E-state index contributed by atoms with van der Waals surface area (Å²) in [5.74, 6) is 0. The fraction of sp³-hybridized carbons (Fsp3) is 0.588. The first-order valence-corrected chi connectivity index (χ1v) is 8.00. The lowest BCUT2D eigenvalue weighted by atomic mass is 10.1. The third-order valence-electron chi connectivity index (χ3n) is 4.22. The van der Waals surface area contributed by atoms with E-state index in [1.807, 2.05) is 32.3 Å². The number of benzene rings is 1. The molecule has 5 nitrogen and oxygen atoms in total. The molecule has 1 aromatic carbocycles. The number of hydrogen-bond acceptors (Lipinski definition) is 3. The number of hydrogen-bond donors (Lipinski definition) is 2. The Morgan fingerprint density at radius 3 is 2.73 bits per heavy atom. The van der Waals surface area contributed by atoms with E-state index in [2.05, 4.69) is 39.6 Å². The Hall–Kier alpha value is -1.59. The van der Waals surface area contributed by atoms with Crippen molar-refractivity contribution in [2.45, 2.75) is 24.9 Å². The molecule has 0 bridgehead atoms.